The fourth-order valence-electron chi connectivity index (χ4n) is 3.85. The maximum Gasteiger partial charge on any atom is 0.287 e. The zero-order valence-electron chi connectivity index (χ0n) is 16.0. The topological polar surface area (TPSA) is 76.5 Å². The van der Waals surface area contributed by atoms with E-state index in [9.17, 15) is 9.59 Å². The third-order valence-corrected chi connectivity index (χ3v) is 5.36. The predicted octanol–water partition coefficient (Wildman–Crippen LogP) is 1.66. The Bertz CT molecular complexity index is 841. The van der Waals surface area contributed by atoms with Gasteiger partial charge in [0.25, 0.3) is 11.8 Å². The molecule has 1 saturated heterocycles. The summed E-state index contributed by atoms with van der Waals surface area (Å²) in [6.45, 7) is 3.52. The molecule has 1 aromatic carbocycles. The van der Waals surface area contributed by atoms with Gasteiger partial charge in [0, 0.05) is 26.2 Å². The summed E-state index contributed by atoms with van der Waals surface area (Å²) in [5, 5.41) is 2.96. The molecule has 0 spiro atoms. The molecule has 2 aliphatic rings. The molecule has 0 aliphatic carbocycles. The van der Waals surface area contributed by atoms with Crippen molar-refractivity contribution in [3.8, 4) is 0 Å². The Morgan fingerprint density at radius 1 is 1.07 bits per heavy atom. The SMILES string of the molecule is O=C(NCCc1ccccc1)c1nc(C(=O)N2CCOCC2)c2n1CCCC2. The third-order valence-electron chi connectivity index (χ3n) is 5.36. The molecule has 7 heteroatoms. The number of amides is 2. The lowest BCUT2D eigenvalue weighted by atomic mass is 10.1. The van der Waals surface area contributed by atoms with Crippen molar-refractivity contribution in [3.05, 3.63) is 53.1 Å². The number of imidazole rings is 1. The normalized spacial score (nSPS) is 16.5. The van der Waals surface area contributed by atoms with E-state index in [-0.39, 0.29) is 11.8 Å². The molecule has 2 aliphatic heterocycles. The summed E-state index contributed by atoms with van der Waals surface area (Å²) in [7, 11) is 0. The number of nitrogens with zero attached hydrogens (tertiary/aromatic N) is 3. The largest absolute Gasteiger partial charge is 0.378 e. The van der Waals surface area contributed by atoms with E-state index in [1.165, 1.54) is 5.56 Å². The first-order chi connectivity index (χ1) is 13.7. The fraction of sp³-hybridized carbons (Fsp3) is 0.476. The molecule has 1 fully saturated rings. The van der Waals surface area contributed by atoms with E-state index < -0.39 is 0 Å². The van der Waals surface area contributed by atoms with Crippen LogP contribution in [-0.2, 0) is 24.1 Å². The van der Waals surface area contributed by atoms with Crippen molar-refractivity contribution in [1.29, 1.82) is 0 Å². The Hall–Kier alpha value is -2.67. The molecule has 0 atom stereocenters. The zero-order valence-corrected chi connectivity index (χ0v) is 16.0. The van der Waals surface area contributed by atoms with Crippen LogP contribution < -0.4 is 5.32 Å². The van der Waals surface area contributed by atoms with Gasteiger partial charge in [0.2, 0.25) is 0 Å². The van der Waals surface area contributed by atoms with Gasteiger partial charge in [-0.15, -0.1) is 0 Å². The predicted molar refractivity (Wildman–Crippen MR) is 104 cm³/mol. The summed E-state index contributed by atoms with van der Waals surface area (Å²) in [4.78, 5) is 32.0. The number of morpholine rings is 1. The standard InChI is InChI=1S/C21H26N4O3/c26-20(22-10-9-16-6-2-1-3-7-16)19-23-18(17-8-4-5-11-25(17)19)21(27)24-12-14-28-15-13-24/h1-3,6-7H,4-5,8-15H2,(H,22,26). The Morgan fingerprint density at radius 2 is 1.86 bits per heavy atom. The Labute approximate surface area is 164 Å². The molecule has 3 heterocycles. The van der Waals surface area contributed by atoms with Gasteiger partial charge in [0.15, 0.2) is 5.82 Å². The van der Waals surface area contributed by atoms with E-state index in [2.05, 4.69) is 10.3 Å². The lowest BCUT2D eigenvalue weighted by molar-refractivity contribution is 0.0298. The number of carbonyl (C=O) groups is 2. The highest BCUT2D eigenvalue weighted by Gasteiger charge is 2.30. The van der Waals surface area contributed by atoms with Crippen molar-refractivity contribution < 1.29 is 14.3 Å². The molecule has 7 nitrogen and oxygen atoms in total. The average molecular weight is 382 g/mol. The monoisotopic (exact) mass is 382 g/mol. The molecule has 0 saturated carbocycles. The van der Waals surface area contributed by atoms with Gasteiger partial charge in [0.1, 0.15) is 5.69 Å². The van der Waals surface area contributed by atoms with Crippen LogP contribution in [0.25, 0.3) is 0 Å². The second-order valence-corrected chi connectivity index (χ2v) is 7.24. The summed E-state index contributed by atoms with van der Waals surface area (Å²) in [6.07, 6.45) is 3.57. The van der Waals surface area contributed by atoms with Crippen LogP contribution in [0.3, 0.4) is 0 Å². The molecule has 2 aromatic rings. The maximum absolute atomic E-state index is 13.0. The van der Waals surface area contributed by atoms with E-state index in [0.717, 1.165) is 37.9 Å². The van der Waals surface area contributed by atoms with E-state index in [1.54, 1.807) is 4.90 Å². The van der Waals surface area contributed by atoms with Crippen molar-refractivity contribution >= 4 is 11.8 Å². The number of ether oxygens (including phenoxy) is 1. The van der Waals surface area contributed by atoms with Crippen molar-refractivity contribution in [2.45, 2.75) is 32.2 Å². The Balaban J connectivity index is 1.49. The van der Waals surface area contributed by atoms with Gasteiger partial charge in [-0.2, -0.15) is 0 Å². The number of carbonyl (C=O) groups excluding carboxylic acids is 2. The second-order valence-electron chi connectivity index (χ2n) is 7.24. The van der Waals surface area contributed by atoms with Gasteiger partial charge in [-0.1, -0.05) is 30.3 Å². The Kier molecular flexibility index (Phi) is 5.71. The van der Waals surface area contributed by atoms with Gasteiger partial charge in [-0.05, 0) is 31.2 Å². The molecule has 1 aromatic heterocycles. The van der Waals surface area contributed by atoms with Gasteiger partial charge in [0.05, 0.1) is 18.9 Å². The first-order valence-electron chi connectivity index (χ1n) is 10.0. The summed E-state index contributed by atoms with van der Waals surface area (Å²) in [5.74, 6) is 0.0664. The number of aromatic nitrogens is 2. The Morgan fingerprint density at radius 3 is 2.64 bits per heavy atom. The maximum atomic E-state index is 13.0. The van der Waals surface area contributed by atoms with Crippen molar-refractivity contribution in [2.75, 3.05) is 32.8 Å². The van der Waals surface area contributed by atoms with Gasteiger partial charge < -0.3 is 19.5 Å². The van der Waals surface area contributed by atoms with Crippen molar-refractivity contribution in [1.82, 2.24) is 19.8 Å². The number of rotatable bonds is 5. The highest BCUT2D eigenvalue weighted by molar-refractivity contribution is 5.97. The smallest absolute Gasteiger partial charge is 0.287 e. The molecular formula is C21H26N4O3. The summed E-state index contributed by atoms with van der Waals surface area (Å²) in [6, 6.07) is 10.1. The van der Waals surface area contributed by atoms with E-state index >= 15 is 0 Å². The van der Waals surface area contributed by atoms with Gasteiger partial charge in [-0.25, -0.2) is 4.98 Å². The minimum atomic E-state index is -0.208. The quantitative estimate of drug-likeness (QED) is 0.853. The number of benzene rings is 1. The number of fused-ring (bicyclic) bond motifs is 1. The second kappa shape index (κ2) is 8.56. The zero-order chi connectivity index (χ0) is 19.3. The molecular weight excluding hydrogens is 356 g/mol. The first kappa shape index (κ1) is 18.7. The van der Waals surface area contributed by atoms with Crippen LogP contribution in [0.5, 0.6) is 0 Å². The molecule has 2 amide bonds. The van der Waals surface area contributed by atoms with Crippen LogP contribution in [0.2, 0.25) is 0 Å². The molecule has 4 rings (SSSR count). The van der Waals surface area contributed by atoms with Crippen molar-refractivity contribution in [2.24, 2.45) is 0 Å². The van der Waals surface area contributed by atoms with E-state index in [1.807, 2.05) is 34.9 Å². The molecule has 28 heavy (non-hydrogen) atoms. The molecule has 0 bridgehead atoms. The van der Waals surface area contributed by atoms with Gasteiger partial charge >= 0.3 is 0 Å². The molecule has 148 valence electrons. The van der Waals surface area contributed by atoms with Crippen LogP contribution in [-0.4, -0.2) is 59.1 Å². The third kappa shape index (κ3) is 3.94. The summed E-state index contributed by atoms with van der Waals surface area (Å²) in [5.41, 5.74) is 2.52. The van der Waals surface area contributed by atoms with E-state index in [4.69, 9.17) is 4.74 Å². The van der Waals surface area contributed by atoms with Crippen LogP contribution in [0.15, 0.2) is 30.3 Å². The number of hydrogen-bond donors (Lipinski definition) is 1. The summed E-state index contributed by atoms with van der Waals surface area (Å²) < 4.78 is 7.28. The highest BCUT2D eigenvalue weighted by Crippen LogP contribution is 2.22. The minimum absolute atomic E-state index is 0.0858. The number of nitrogens with one attached hydrogen (secondary N) is 1. The number of hydrogen-bond acceptors (Lipinski definition) is 4. The van der Waals surface area contributed by atoms with Crippen LogP contribution in [0.4, 0.5) is 0 Å². The van der Waals surface area contributed by atoms with Crippen LogP contribution in [0.1, 0.15) is 45.2 Å². The van der Waals surface area contributed by atoms with Crippen LogP contribution >= 0.6 is 0 Å². The van der Waals surface area contributed by atoms with Crippen molar-refractivity contribution in [3.63, 3.8) is 0 Å². The average Bonchev–Trinajstić information content (AvgIpc) is 3.14. The fourth-order valence-corrected chi connectivity index (χ4v) is 3.85. The summed E-state index contributed by atoms with van der Waals surface area (Å²) >= 11 is 0. The molecule has 0 radical (unpaired) electrons. The minimum Gasteiger partial charge on any atom is -0.378 e. The lowest BCUT2D eigenvalue weighted by Crippen LogP contribution is -2.41. The van der Waals surface area contributed by atoms with Gasteiger partial charge in [-0.3, -0.25) is 9.59 Å². The molecule has 0 unspecified atom stereocenters. The lowest BCUT2D eigenvalue weighted by Gasteiger charge is -2.26. The molecule has 1 N–H and O–H groups in total. The van der Waals surface area contributed by atoms with Crippen LogP contribution in [0, 0.1) is 0 Å². The highest BCUT2D eigenvalue weighted by atomic mass is 16.5. The van der Waals surface area contributed by atoms with E-state index in [0.29, 0.717) is 44.4 Å². The first-order valence-corrected chi connectivity index (χ1v) is 10.0.